The van der Waals surface area contributed by atoms with Crippen molar-refractivity contribution in [3.8, 4) is 0 Å². The Balaban J connectivity index is 2.38. The molecule has 1 fully saturated rings. The van der Waals surface area contributed by atoms with E-state index in [0.29, 0.717) is 19.6 Å². The second-order valence-electron chi connectivity index (χ2n) is 2.60. The fourth-order valence-electron chi connectivity index (χ4n) is 0.818. The highest BCUT2D eigenvalue weighted by Crippen LogP contribution is 2.19. The molecule has 0 aromatic heterocycles. The Kier molecular flexibility index (Phi) is 1.92. The molecular formula is C6H11NO3. The topological polar surface area (TPSA) is 58.6 Å². The van der Waals surface area contributed by atoms with Gasteiger partial charge in [-0.3, -0.25) is 4.79 Å². The minimum Gasteiger partial charge on any atom is -0.383 e. The largest absolute Gasteiger partial charge is 0.383 e. The summed E-state index contributed by atoms with van der Waals surface area (Å²) < 4.78 is 4.80. The first-order chi connectivity index (χ1) is 4.69. The van der Waals surface area contributed by atoms with Crippen molar-refractivity contribution in [2.75, 3.05) is 13.2 Å². The van der Waals surface area contributed by atoms with Crippen LogP contribution in [0.4, 0.5) is 0 Å². The number of carbonyl (C=O) groups excluding carboxylic acids is 1. The first-order valence-corrected chi connectivity index (χ1v) is 3.19. The van der Waals surface area contributed by atoms with E-state index in [-0.39, 0.29) is 6.04 Å². The molecule has 1 rings (SSSR count). The van der Waals surface area contributed by atoms with Crippen LogP contribution in [0.2, 0.25) is 0 Å². The van der Waals surface area contributed by atoms with Crippen molar-refractivity contribution in [2.24, 2.45) is 0 Å². The van der Waals surface area contributed by atoms with Crippen molar-refractivity contribution in [1.29, 1.82) is 0 Å². The molecule has 1 heterocycles. The Hall–Kier alpha value is -0.610. The zero-order valence-electron chi connectivity index (χ0n) is 5.83. The molecule has 10 heavy (non-hydrogen) atoms. The predicted molar refractivity (Wildman–Crippen MR) is 34.4 cm³/mol. The second-order valence-corrected chi connectivity index (χ2v) is 2.60. The summed E-state index contributed by atoms with van der Waals surface area (Å²) in [6.45, 7) is 2.38. The molecule has 0 bridgehead atoms. The van der Waals surface area contributed by atoms with Gasteiger partial charge in [0.15, 0.2) is 0 Å². The number of hydrogen-bond donors (Lipinski definition) is 2. The monoisotopic (exact) mass is 145 g/mol. The average molecular weight is 145 g/mol. The molecular weight excluding hydrogens is 134 g/mol. The van der Waals surface area contributed by atoms with E-state index in [2.05, 4.69) is 5.32 Å². The minimum atomic E-state index is -0.832. The smallest absolute Gasteiger partial charge is 0.207 e. The van der Waals surface area contributed by atoms with Crippen molar-refractivity contribution in [1.82, 2.24) is 5.32 Å². The van der Waals surface area contributed by atoms with Crippen molar-refractivity contribution >= 4 is 6.41 Å². The zero-order valence-corrected chi connectivity index (χ0v) is 5.83. The lowest BCUT2D eigenvalue weighted by atomic mass is 9.94. The van der Waals surface area contributed by atoms with Crippen LogP contribution < -0.4 is 5.32 Å². The number of amides is 1. The molecule has 1 aliphatic heterocycles. The number of rotatable bonds is 3. The third-order valence-corrected chi connectivity index (χ3v) is 1.83. The van der Waals surface area contributed by atoms with E-state index in [9.17, 15) is 9.90 Å². The Labute approximate surface area is 59.2 Å². The third kappa shape index (κ3) is 1.12. The lowest BCUT2D eigenvalue weighted by Gasteiger charge is -2.40. The summed E-state index contributed by atoms with van der Waals surface area (Å²) in [5, 5.41) is 11.9. The van der Waals surface area contributed by atoms with Gasteiger partial charge < -0.3 is 15.2 Å². The lowest BCUT2D eigenvalue weighted by molar-refractivity contribution is -0.191. The molecule has 0 spiro atoms. The quantitative estimate of drug-likeness (QED) is 0.495. The van der Waals surface area contributed by atoms with Gasteiger partial charge in [0.25, 0.3) is 0 Å². The van der Waals surface area contributed by atoms with Crippen LogP contribution in [0.25, 0.3) is 0 Å². The van der Waals surface area contributed by atoms with Crippen LogP contribution in [0.3, 0.4) is 0 Å². The minimum absolute atomic E-state index is 0.223. The molecule has 0 aromatic carbocycles. The van der Waals surface area contributed by atoms with Gasteiger partial charge in [-0.1, -0.05) is 0 Å². The lowest BCUT2D eigenvalue weighted by Crippen LogP contribution is -2.61. The highest BCUT2D eigenvalue weighted by atomic mass is 16.5. The van der Waals surface area contributed by atoms with Crippen molar-refractivity contribution in [3.05, 3.63) is 0 Å². The number of nitrogens with one attached hydrogen (secondary N) is 1. The molecule has 0 aromatic rings. The van der Waals surface area contributed by atoms with Gasteiger partial charge in [-0.15, -0.1) is 0 Å². The highest BCUT2D eigenvalue weighted by molar-refractivity contribution is 5.47. The van der Waals surface area contributed by atoms with Gasteiger partial charge in [0.05, 0.1) is 19.3 Å². The van der Waals surface area contributed by atoms with Crippen LogP contribution in [0.1, 0.15) is 6.92 Å². The van der Waals surface area contributed by atoms with Gasteiger partial charge in [0.2, 0.25) is 6.41 Å². The maximum absolute atomic E-state index is 9.94. The van der Waals surface area contributed by atoms with Crippen molar-refractivity contribution in [3.63, 3.8) is 0 Å². The van der Waals surface area contributed by atoms with Crippen molar-refractivity contribution in [2.45, 2.75) is 18.6 Å². The first kappa shape index (κ1) is 7.50. The van der Waals surface area contributed by atoms with Gasteiger partial charge in [-0.25, -0.2) is 0 Å². The van der Waals surface area contributed by atoms with Crippen LogP contribution in [0.15, 0.2) is 0 Å². The van der Waals surface area contributed by atoms with Gasteiger partial charge in [-0.2, -0.15) is 0 Å². The van der Waals surface area contributed by atoms with E-state index in [1.54, 1.807) is 6.92 Å². The molecule has 0 aliphatic carbocycles. The number of aliphatic hydroxyl groups is 1. The van der Waals surface area contributed by atoms with Crippen LogP contribution in [0.5, 0.6) is 0 Å². The normalized spacial score (nSPS) is 24.6. The first-order valence-electron chi connectivity index (χ1n) is 3.19. The molecule has 1 saturated heterocycles. The molecule has 58 valence electrons. The number of carbonyl (C=O) groups is 1. The van der Waals surface area contributed by atoms with E-state index in [4.69, 9.17) is 4.74 Å². The molecule has 1 amide bonds. The molecule has 4 heteroatoms. The zero-order chi connectivity index (χ0) is 7.61. The van der Waals surface area contributed by atoms with Gasteiger partial charge in [0, 0.05) is 0 Å². The standard InChI is InChI=1S/C6H11NO3/c1-5(7-4-8)6(9)2-10-3-6/h4-5,9H,2-3H2,1H3,(H,7,8). The van der Waals surface area contributed by atoms with Crippen LogP contribution >= 0.6 is 0 Å². The van der Waals surface area contributed by atoms with Gasteiger partial charge in [-0.05, 0) is 6.92 Å². The summed E-state index contributed by atoms with van der Waals surface area (Å²) in [4.78, 5) is 9.94. The van der Waals surface area contributed by atoms with Crippen LogP contribution in [-0.2, 0) is 9.53 Å². The van der Waals surface area contributed by atoms with Crippen LogP contribution in [0, 0.1) is 0 Å². The number of hydrogen-bond acceptors (Lipinski definition) is 3. The Morgan fingerprint density at radius 3 is 2.70 bits per heavy atom. The summed E-state index contributed by atoms with van der Waals surface area (Å²) in [6, 6.07) is -0.223. The summed E-state index contributed by atoms with van der Waals surface area (Å²) in [5.41, 5.74) is -0.832. The summed E-state index contributed by atoms with van der Waals surface area (Å²) in [7, 11) is 0. The molecule has 1 unspecified atom stereocenters. The molecule has 4 nitrogen and oxygen atoms in total. The SMILES string of the molecule is CC(NC=O)C1(O)COC1. The van der Waals surface area contributed by atoms with Gasteiger partial charge in [0.1, 0.15) is 5.60 Å². The predicted octanol–water partition coefficient (Wildman–Crippen LogP) is -1.12. The number of ether oxygens (including phenoxy) is 1. The third-order valence-electron chi connectivity index (χ3n) is 1.83. The molecule has 0 radical (unpaired) electrons. The second kappa shape index (κ2) is 2.56. The van der Waals surface area contributed by atoms with E-state index < -0.39 is 5.60 Å². The Bertz CT molecular complexity index is 133. The molecule has 1 atom stereocenters. The molecule has 2 N–H and O–H groups in total. The van der Waals surface area contributed by atoms with Gasteiger partial charge >= 0.3 is 0 Å². The fourth-order valence-corrected chi connectivity index (χ4v) is 0.818. The van der Waals surface area contributed by atoms with Crippen molar-refractivity contribution < 1.29 is 14.6 Å². The Morgan fingerprint density at radius 1 is 1.80 bits per heavy atom. The van der Waals surface area contributed by atoms with E-state index in [1.807, 2.05) is 0 Å². The van der Waals surface area contributed by atoms with E-state index in [0.717, 1.165) is 0 Å². The molecule has 0 saturated carbocycles. The highest BCUT2D eigenvalue weighted by Gasteiger charge is 2.41. The van der Waals surface area contributed by atoms with E-state index in [1.165, 1.54) is 0 Å². The fraction of sp³-hybridized carbons (Fsp3) is 0.833. The summed E-state index contributed by atoms with van der Waals surface area (Å²) in [6.07, 6.45) is 0.584. The van der Waals surface area contributed by atoms with E-state index >= 15 is 0 Å². The summed E-state index contributed by atoms with van der Waals surface area (Å²) in [5.74, 6) is 0. The average Bonchev–Trinajstić information content (AvgIpc) is 1.83. The Morgan fingerprint density at radius 2 is 2.40 bits per heavy atom. The maximum Gasteiger partial charge on any atom is 0.207 e. The maximum atomic E-state index is 9.94. The molecule has 1 aliphatic rings. The van der Waals surface area contributed by atoms with Crippen LogP contribution in [-0.4, -0.2) is 36.4 Å². The summed E-state index contributed by atoms with van der Waals surface area (Å²) >= 11 is 0.